The van der Waals surface area contributed by atoms with Gasteiger partial charge in [0, 0.05) is 0 Å². The Morgan fingerprint density at radius 3 is 2.20 bits per heavy atom. The van der Waals surface area contributed by atoms with Crippen LogP contribution in [0.2, 0.25) is 0 Å². The van der Waals surface area contributed by atoms with Crippen LogP contribution in [0.5, 0.6) is 0 Å². The summed E-state index contributed by atoms with van der Waals surface area (Å²) in [6, 6.07) is 0. The van der Waals surface area contributed by atoms with E-state index in [9.17, 15) is 4.79 Å². The molecule has 0 unspecified atom stereocenters. The minimum Gasteiger partial charge on any atom is -0.312 e. The van der Waals surface area contributed by atoms with Gasteiger partial charge in [0.2, 0.25) is 0 Å². The fourth-order valence-corrected chi connectivity index (χ4v) is 0. The summed E-state index contributed by atoms with van der Waals surface area (Å²) in [5, 5.41) is 0. The summed E-state index contributed by atoms with van der Waals surface area (Å²) in [6.07, 6.45) is 0.667. The van der Waals surface area contributed by atoms with Gasteiger partial charge in [-0.05, 0) is 6.42 Å². The summed E-state index contributed by atoms with van der Waals surface area (Å²) >= 11 is 0. The van der Waals surface area contributed by atoms with Crippen molar-refractivity contribution >= 4 is 13.5 Å². The molecule has 0 fully saturated rings. The van der Waals surface area contributed by atoms with Gasteiger partial charge >= 0.3 is 0 Å². The van der Waals surface area contributed by atoms with Crippen molar-refractivity contribution in [1.82, 2.24) is 0 Å². The third kappa shape index (κ3) is 3.73. The molecule has 0 saturated heterocycles. The van der Waals surface area contributed by atoms with E-state index >= 15 is 0 Å². The molecule has 0 radical (unpaired) electrons. The lowest BCUT2D eigenvalue weighted by atomic mass is 10.0. The number of carbonyl (C=O) groups excluding carboxylic acids is 1. The maximum absolute atomic E-state index is 9.81. The topological polar surface area (TPSA) is 17.1 Å². The van der Waals surface area contributed by atoms with Crippen molar-refractivity contribution in [2.45, 2.75) is 13.3 Å². The first kappa shape index (κ1) is 4.73. The van der Waals surface area contributed by atoms with Crippen molar-refractivity contribution in [1.29, 1.82) is 0 Å². The van der Waals surface area contributed by atoms with E-state index in [1.54, 1.807) is 7.85 Å². The van der Waals surface area contributed by atoms with Gasteiger partial charge in [0.15, 0.2) is 7.85 Å². The summed E-state index contributed by atoms with van der Waals surface area (Å²) in [5.74, 6) is 0. The molecule has 0 heterocycles. The van der Waals surface area contributed by atoms with Gasteiger partial charge in [0.25, 0.3) is 0 Å². The normalized spacial score (nSPS) is 7.40. The highest BCUT2D eigenvalue weighted by Gasteiger charge is 1.77. The lowest BCUT2D eigenvalue weighted by Gasteiger charge is -1.71. The second-order valence-corrected chi connectivity index (χ2v) is 1.06. The molecule has 0 N–H and O–H groups in total. The van der Waals surface area contributed by atoms with Gasteiger partial charge in [-0.3, -0.25) is 0 Å². The first-order valence-electron chi connectivity index (χ1n) is 1.76. The van der Waals surface area contributed by atoms with Crippen LogP contribution in [0.4, 0.5) is 0 Å². The summed E-state index contributed by atoms with van der Waals surface area (Å²) in [4.78, 5) is 9.81. The lowest BCUT2D eigenvalue weighted by Crippen LogP contribution is -1.88. The van der Waals surface area contributed by atoms with E-state index in [2.05, 4.69) is 0 Å². The molecule has 0 aromatic carbocycles. The number of hydrogen-bond acceptors (Lipinski definition) is 1. The highest BCUT2D eigenvalue weighted by Crippen LogP contribution is 1.66. The summed E-state index contributed by atoms with van der Waals surface area (Å²) in [7, 11) is 1.58. The Morgan fingerprint density at radius 1 is 2.00 bits per heavy atom. The van der Waals surface area contributed by atoms with Crippen molar-refractivity contribution < 1.29 is 4.79 Å². The van der Waals surface area contributed by atoms with Crippen LogP contribution < -0.4 is 0 Å². The molecule has 2 heteroatoms. The Labute approximate surface area is 32.8 Å². The van der Waals surface area contributed by atoms with Gasteiger partial charge in [0.05, 0.1) is 5.68 Å². The van der Waals surface area contributed by atoms with E-state index in [-0.39, 0.29) is 5.68 Å². The minimum atomic E-state index is 0.255. The standard InChI is InChI=1S/C3H7BO/c1-2-3(4)5/h2,4H2,1H3. The molecular formula is C3H7BO. The van der Waals surface area contributed by atoms with Crippen LogP contribution in [0, 0.1) is 0 Å². The Kier molecular flexibility index (Phi) is 1.90. The van der Waals surface area contributed by atoms with E-state index < -0.39 is 0 Å². The lowest BCUT2D eigenvalue weighted by molar-refractivity contribution is -0.111. The molecule has 0 atom stereocenters. The second kappa shape index (κ2) is 2.00. The number of carbonyl (C=O) groups is 1. The summed E-state index contributed by atoms with van der Waals surface area (Å²) < 4.78 is 0. The zero-order chi connectivity index (χ0) is 4.28. The first-order chi connectivity index (χ1) is 2.27. The quantitative estimate of drug-likeness (QED) is 0.382. The molecule has 0 amide bonds. The molecule has 0 bridgehead atoms. The molecule has 0 aliphatic rings. The highest BCUT2D eigenvalue weighted by molar-refractivity contribution is 6.57. The molecule has 28 valence electrons. The predicted octanol–water partition coefficient (Wildman–Crippen LogP) is -0.444. The van der Waals surface area contributed by atoms with E-state index in [1.807, 2.05) is 6.92 Å². The Balaban J connectivity index is 2.85. The molecular weight excluding hydrogens is 62.8 g/mol. The molecule has 1 nitrogen and oxygen atoms in total. The third-order valence-electron chi connectivity index (χ3n) is 0.498. The average molecular weight is 69.9 g/mol. The molecule has 0 spiro atoms. The Hall–Kier alpha value is -0.265. The van der Waals surface area contributed by atoms with Crippen LogP contribution in [-0.4, -0.2) is 13.5 Å². The van der Waals surface area contributed by atoms with Crippen molar-refractivity contribution in [2.75, 3.05) is 0 Å². The van der Waals surface area contributed by atoms with Crippen molar-refractivity contribution in [3.05, 3.63) is 0 Å². The SMILES string of the molecule is BC(=O)CC. The number of rotatable bonds is 1. The molecule has 5 heavy (non-hydrogen) atoms. The van der Waals surface area contributed by atoms with Crippen LogP contribution in [0.15, 0.2) is 0 Å². The first-order valence-corrected chi connectivity index (χ1v) is 1.76. The zero-order valence-corrected chi connectivity index (χ0v) is 3.62. The average Bonchev–Trinajstić information content (AvgIpc) is 1.38. The molecule has 0 aliphatic heterocycles. The van der Waals surface area contributed by atoms with Gasteiger partial charge in [-0.2, -0.15) is 0 Å². The van der Waals surface area contributed by atoms with E-state index in [0.29, 0.717) is 6.42 Å². The van der Waals surface area contributed by atoms with Gasteiger partial charge in [-0.1, -0.05) is 6.92 Å². The van der Waals surface area contributed by atoms with Gasteiger partial charge < -0.3 is 4.79 Å². The molecule has 0 aromatic rings. The summed E-state index contributed by atoms with van der Waals surface area (Å²) in [5.41, 5.74) is 0.255. The van der Waals surface area contributed by atoms with E-state index in [1.165, 1.54) is 0 Å². The monoisotopic (exact) mass is 70.1 g/mol. The predicted molar refractivity (Wildman–Crippen MR) is 23.8 cm³/mol. The van der Waals surface area contributed by atoms with Gasteiger partial charge in [-0.15, -0.1) is 0 Å². The van der Waals surface area contributed by atoms with Gasteiger partial charge in [-0.25, -0.2) is 0 Å². The molecule has 0 aliphatic carbocycles. The highest BCUT2D eigenvalue weighted by atomic mass is 16.1. The smallest absolute Gasteiger partial charge is 0.187 e. The maximum Gasteiger partial charge on any atom is 0.187 e. The number of hydrogen-bond donors (Lipinski definition) is 0. The maximum atomic E-state index is 9.81. The Bertz CT molecular complexity index is 42.2. The van der Waals surface area contributed by atoms with Crippen LogP contribution in [0.1, 0.15) is 13.3 Å². The van der Waals surface area contributed by atoms with Crippen LogP contribution in [0.25, 0.3) is 0 Å². The van der Waals surface area contributed by atoms with Crippen molar-refractivity contribution in [2.24, 2.45) is 0 Å². The van der Waals surface area contributed by atoms with E-state index in [0.717, 1.165) is 0 Å². The third-order valence-corrected chi connectivity index (χ3v) is 0.498. The van der Waals surface area contributed by atoms with Gasteiger partial charge in [0.1, 0.15) is 0 Å². The second-order valence-electron chi connectivity index (χ2n) is 1.06. The largest absolute Gasteiger partial charge is 0.312 e. The molecule has 0 aromatic heterocycles. The van der Waals surface area contributed by atoms with E-state index in [4.69, 9.17) is 0 Å². The fourth-order valence-electron chi connectivity index (χ4n) is 0. The van der Waals surface area contributed by atoms with Crippen LogP contribution >= 0.6 is 0 Å². The van der Waals surface area contributed by atoms with Crippen molar-refractivity contribution in [3.8, 4) is 0 Å². The fraction of sp³-hybridized carbons (Fsp3) is 0.667. The zero-order valence-electron chi connectivity index (χ0n) is 3.62. The van der Waals surface area contributed by atoms with Crippen molar-refractivity contribution in [3.63, 3.8) is 0 Å². The van der Waals surface area contributed by atoms with Crippen LogP contribution in [0.3, 0.4) is 0 Å². The summed E-state index contributed by atoms with van der Waals surface area (Å²) in [6.45, 7) is 1.85. The molecule has 0 rings (SSSR count). The Morgan fingerprint density at radius 2 is 2.20 bits per heavy atom. The minimum absolute atomic E-state index is 0.255. The molecule has 0 saturated carbocycles. The van der Waals surface area contributed by atoms with Crippen LogP contribution in [-0.2, 0) is 4.79 Å².